The Balaban J connectivity index is 1.76. The molecule has 0 radical (unpaired) electrons. The van der Waals surface area contributed by atoms with Crippen LogP contribution in [-0.2, 0) is 28.7 Å². The quantitative estimate of drug-likeness (QED) is 0.409. The van der Waals surface area contributed by atoms with Crippen LogP contribution in [0.1, 0.15) is 86.0 Å². The molecule has 7 nitrogen and oxygen atoms in total. The normalized spacial score (nSPS) is 45.8. The topological polar surface area (TPSA) is 107 Å². The number of ether oxygens (including phenoxy) is 2. The molecule has 0 bridgehead atoms. The molecule has 0 aromatic carbocycles. The molecule has 0 spiro atoms. The Hall–Kier alpha value is -1.47. The van der Waals surface area contributed by atoms with E-state index in [0.717, 1.165) is 6.42 Å². The van der Waals surface area contributed by atoms with Gasteiger partial charge < -0.3 is 14.6 Å². The summed E-state index contributed by atoms with van der Waals surface area (Å²) in [5.41, 5.74) is -2.59. The smallest absolute Gasteiger partial charge is 0.306 e. The average Bonchev–Trinajstić information content (AvgIpc) is 3.04. The van der Waals surface area contributed by atoms with E-state index in [0.29, 0.717) is 25.7 Å². The van der Waals surface area contributed by atoms with E-state index in [1.54, 1.807) is 13.8 Å². The van der Waals surface area contributed by atoms with E-state index in [1.165, 1.54) is 0 Å². The highest BCUT2D eigenvalue weighted by atomic mass is 35.5. The molecule has 1 N–H and O–H groups in total. The maximum Gasteiger partial charge on any atom is 0.306 e. The van der Waals surface area contributed by atoms with Crippen LogP contribution in [0.3, 0.4) is 0 Å². The number of alkyl halides is 1. The number of carbonyl (C=O) groups excluding carboxylic acids is 4. The van der Waals surface area contributed by atoms with Crippen LogP contribution in [-0.4, -0.2) is 52.3 Å². The lowest BCUT2D eigenvalue weighted by atomic mass is 9.43. The van der Waals surface area contributed by atoms with Gasteiger partial charge in [0.2, 0.25) is 5.78 Å². The lowest BCUT2D eigenvalue weighted by Crippen LogP contribution is -2.66. The van der Waals surface area contributed by atoms with Gasteiger partial charge in [0.15, 0.2) is 12.2 Å². The Morgan fingerprint density at radius 1 is 1.11 bits per heavy atom. The molecular formula is C28H41ClO7. The third kappa shape index (κ3) is 3.95. The Morgan fingerprint density at radius 2 is 1.78 bits per heavy atom. The monoisotopic (exact) mass is 524 g/mol. The van der Waals surface area contributed by atoms with Gasteiger partial charge in [-0.2, -0.15) is 0 Å². The number of esters is 2. The largest absolute Gasteiger partial charge is 0.457 e. The van der Waals surface area contributed by atoms with Crippen LogP contribution in [0.2, 0.25) is 0 Å². The molecule has 8 heteroatoms. The van der Waals surface area contributed by atoms with E-state index >= 15 is 0 Å². The summed E-state index contributed by atoms with van der Waals surface area (Å²) in [5.74, 6) is -1.56. The molecule has 0 amide bonds. The van der Waals surface area contributed by atoms with E-state index in [2.05, 4.69) is 6.92 Å². The number of aliphatic hydroxyl groups excluding tert-OH is 1. The first kappa shape index (κ1) is 27.6. The zero-order valence-electron chi connectivity index (χ0n) is 22.2. The molecule has 0 heterocycles. The Labute approximate surface area is 219 Å². The zero-order valence-corrected chi connectivity index (χ0v) is 22.9. The van der Waals surface area contributed by atoms with Gasteiger partial charge in [0.05, 0.1) is 6.10 Å². The van der Waals surface area contributed by atoms with Crippen LogP contribution in [0, 0.1) is 40.4 Å². The molecule has 0 unspecified atom stereocenters. The van der Waals surface area contributed by atoms with E-state index in [1.807, 2.05) is 13.8 Å². The number of hydrogen-bond donors (Lipinski definition) is 1. The number of hydrogen-bond acceptors (Lipinski definition) is 7. The van der Waals surface area contributed by atoms with Crippen molar-refractivity contribution in [3.05, 3.63) is 0 Å². The summed E-state index contributed by atoms with van der Waals surface area (Å²) in [5, 5.41) is 11.5. The minimum Gasteiger partial charge on any atom is -0.457 e. The molecule has 0 aromatic heterocycles. The van der Waals surface area contributed by atoms with E-state index in [9.17, 15) is 24.3 Å². The first-order chi connectivity index (χ1) is 16.9. The molecule has 4 rings (SSSR count). The SMILES string of the molecule is CCC(=O)OCC(=O)[C@@]1(OC(=O)CC)[C@H](C)C[C@H]2[C@H]3[C@H]([C@@H](O)C[C@@]21C)[C@@]1(C)CCC(=O)C[C@H]1C[C@H]3Cl. The fraction of sp³-hybridized carbons (Fsp3) is 0.857. The number of carbonyl (C=O) groups is 4. The van der Waals surface area contributed by atoms with Crippen LogP contribution in [0.5, 0.6) is 0 Å². The third-order valence-electron chi connectivity index (χ3n) is 10.6. The molecule has 4 aliphatic carbocycles. The van der Waals surface area contributed by atoms with Crippen molar-refractivity contribution in [2.75, 3.05) is 6.61 Å². The number of rotatable bonds is 6. The average molecular weight is 525 g/mol. The molecular weight excluding hydrogens is 484 g/mol. The first-order valence-corrected chi connectivity index (χ1v) is 14.0. The van der Waals surface area contributed by atoms with Crippen molar-refractivity contribution >= 4 is 35.1 Å². The van der Waals surface area contributed by atoms with Crippen molar-refractivity contribution in [1.82, 2.24) is 0 Å². The fourth-order valence-electron chi connectivity index (χ4n) is 8.87. The number of halogens is 1. The number of fused-ring (bicyclic) bond motifs is 5. The predicted molar refractivity (Wildman–Crippen MR) is 133 cm³/mol. The highest BCUT2D eigenvalue weighted by molar-refractivity contribution is 6.21. The van der Waals surface area contributed by atoms with E-state index in [-0.39, 0.29) is 65.4 Å². The predicted octanol–water partition coefficient (Wildman–Crippen LogP) is 4.25. The fourth-order valence-corrected chi connectivity index (χ4v) is 9.42. The van der Waals surface area contributed by atoms with Crippen molar-refractivity contribution in [1.29, 1.82) is 0 Å². The molecule has 36 heavy (non-hydrogen) atoms. The van der Waals surface area contributed by atoms with Gasteiger partial charge in [-0.05, 0) is 54.8 Å². The zero-order chi connectivity index (χ0) is 26.6. The standard InChI is InChI=1S/C28H41ClO7/c1-6-22(33)35-14-21(32)28(36-23(34)7-2)15(3)10-18-24-19(29)12-16-11-17(30)8-9-26(16,4)25(24)20(31)13-27(18,28)5/h15-16,18-20,24-25,31H,6-14H2,1-5H3/t15-,16+,18+,19-,20+,24-,25+,26+,27+,28+/m1/s1. The minimum atomic E-state index is -1.51. The molecule has 4 fully saturated rings. The maximum absolute atomic E-state index is 13.9. The van der Waals surface area contributed by atoms with Crippen molar-refractivity contribution in [2.24, 2.45) is 40.4 Å². The summed E-state index contributed by atoms with van der Waals surface area (Å²) in [6.45, 7) is 8.95. The van der Waals surface area contributed by atoms with Gasteiger partial charge in [-0.25, -0.2) is 0 Å². The van der Waals surface area contributed by atoms with Gasteiger partial charge in [0, 0.05) is 42.4 Å². The maximum atomic E-state index is 13.9. The number of Topliss-reactive ketones (excluding diaryl/α,β-unsaturated/α-hetero) is 2. The Morgan fingerprint density at radius 3 is 2.42 bits per heavy atom. The van der Waals surface area contributed by atoms with Gasteiger partial charge >= 0.3 is 11.9 Å². The molecule has 202 valence electrons. The van der Waals surface area contributed by atoms with Crippen LogP contribution < -0.4 is 0 Å². The molecule has 4 saturated carbocycles. The first-order valence-electron chi connectivity index (χ1n) is 13.6. The van der Waals surface area contributed by atoms with Crippen molar-refractivity contribution in [2.45, 2.75) is 103 Å². The Kier molecular flexibility index (Phi) is 7.41. The van der Waals surface area contributed by atoms with Gasteiger partial charge in [-0.3, -0.25) is 19.2 Å². The van der Waals surface area contributed by atoms with E-state index < -0.39 is 41.4 Å². The third-order valence-corrected chi connectivity index (χ3v) is 11.0. The number of aliphatic hydroxyl groups is 1. The molecule has 0 aliphatic heterocycles. The van der Waals surface area contributed by atoms with E-state index in [4.69, 9.17) is 21.1 Å². The summed E-state index contributed by atoms with van der Waals surface area (Å²) in [6, 6.07) is 0. The van der Waals surface area contributed by atoms with Crippen LogP contribution in [0.25, 0.3) is 0 Å². The van der Waals surface area contributed by atoms with Crippen molar-refractivity contribution in [3.63, 3.8) is 0 Å². The Bertz CT molecular complexity index is 935. The summed E-state index contributed by atoms with van der Waals surface area (Å²) < 4.78 is 11.3. The van der Waals surface area contributed by atoms with Crippen LogP contribution >= 0.6 is 11.6 Å². The summed E-state index contributed by atoms with van der Waals surface area (Å²) >= 11 is 7.10. The second-order valence-corrected chi connectivity index (χ2v) is 12.8. The van der Waals surface area contributed by atoms with Crippen molar-refractivity contribution < 1.29 is 33.8 Å². The second kappa shape index (κ2) is 9.68. The second-order valence-electron chi connectivity index (χ2n) is 12.2. The highest BCUT2D eigenvalue weighted by Gasteiger charge is 2.74. The van der Waals surface area contributed by atoms with Crippen LogP contribution in [0.4, 0.5) is 0 Å². The van der Waals surface area contributed by atoms with Crippen molar-refractivity contribution in [3.8, 4) is 0 Å². The molecule has 4 aliphatic rings. The molecule has 0 aromatic rings. The summed E-state index contributed by atoms with van der Waals surface area (Å²) in [4.78, 5) is 50.8. The summed E-state index contributed by atoms with van der Waals surface area (Å²) in [7, 11) is 0. The lowest BCUT2D eigenvalue weighted by molar-refractivity contribution is -0.215. The number of ketones is 2. The van der Waals surface area contributed by atoms with Gasteiger partial charge in [0.25, 0.3) is 0 Å². The molecule has 0 saturated heterocycles. The van der Waals surface area contributed by atoms with Gasteiger partial charge in [-0.15, -0.1) is 11.6 Å². The van der Waals surface area contributed by atoms with Gasteiger partial charge in [-0.1, -0.05) is 34.6 Å². The summed E-state index contributed by atoms with van der Waals surface area (Å²) in [6.07, 6.45) is 2.86. The highest BCUT2D eigenvalue weighted by Crippen LogP contribution is 2.70. The van der Waals surface area contributed by atoms with Gasteiger partial charge in [0.1, 0.15) is 5.78 Å². The molecule has 10 atom stereocenters. The van der Waals surface area contributed by atoms with Crippen LogP contribution in [0.15, 0.2) is 0 Å². The minimum absolute atomic E-state index is 0.0608. The lowest BCUT2D eigenvalue weighted by Gasteiger charge is -2.63.